The molecule has 0 amide bonds. The van der Waals surface area contributed by atoms with Crippen molar-refractivity contribution in [2.24, 2.45) is 0 Å². The fourth-order valence-corrected chi connectivity index (χ4v) is 6.93. The highest BCUT2D eigenvalue weighted by atomic mass is 32.2. The third-order valence-corrected chi connectivity index (χ3v) is 9.32. The normalized spacial score (nSPS) is 15.4. The minimum absolute atomic E-state index is 0.234. The molecule has 1 fully saturated rings. The third-order valence-electron chi connectivity index (χ3n) is 6.30. The number of methoxy groups -OCH3 is 1. The van der Waals surface area contributed by atoms with Gasteiger partial charge in [0.15, 0.2) is 0 Å². The van der Waals surface area contributed by atoms with Gasteiger partial charge in [-0.15, -0.1) is 0 Å². The van der Waals surface area contributed by atoms with Gasteiger partial charge in [-0.25, -0.2) is 13.4 Å². The Balaban J connectivity index is 1.29. The molecule has 11 heteroatoms. The molecule has 2 aromatic carbocycles. The molecule has 1 aliphatic rings. The standard InChI is InChI=1S/C25H27N5O4S2/c1-17-4-9-22(18(2)14-17)36(32,33)29-12-10-28(11-13-29)16-20-15-23(31)30-25(26-20)35-24(27-30)19-5-7-21(34-3)8-6-19/h4-9,14-15H,10-13,16H2,1-3H3. The number of ether oxygens (including phenoxy) is 1. The van der Waals surface area contributed by atoms with Crippen LogP contribution in [-0.2, 0) is 16.6 Å². The summed E-state index contributed by atoms with van der Waals surface area (Å²) in [6, 6.07) is 14.4. The van der Waals surface area contributed by atoms with Crippen molar-refractivity contribution in [3.63, 3.8) is 0 Å². The number of benzene rings is 2. The maximum atomic E-state index is 13.2. The maximum absolute atomic E-state index is 13.2. The first kappa shape index (κ1) is 24.6. The predicted molar refractivity (Wildman–Crippen MR) is 139 cm³/mol. The molecule has 0 saturated carbocycles. The Labute approximate surface area is 213 Å². The average molecular weight is 526 g/mol. The number of nitrogens with zero attached hydrogens (tertiary/aromatic N) is 5. The number of aryl methyl sites for hydroxylation is 2. The molecule has 3 heterocycles. The Morgan fingerprint density at radius 3 is 2.39 bits per heavy atom. The van der Waals surface area contributed by atoms with E-state index in [1.165, 1.54) is 26.2 Å². The monoisotopic (exact) mass is 525 g/mol. The van der Waals surface area contributed by atoms with Gasteiger partial charge in [0.2, 0.25) is 15.0 Å². The average Bonchev–Trinajstić information content (AvgIpc) is 3.29. The van der Waals surface area contributed by atoms with Gasteiger partial charge in [0, 0.05) is 44.4 Å². The van der Waals surface area contributed by atoms with Crippen molar-refractivity contribution in [1.29, 1.82) is 0 Å². The van der Waals surface area contributed by atoms with Crippen LogP contribution in [0.2, 0.25) is 0 Å². The van der Waals surface area contributed by atoms with E-state index < -0.39 is 10.0 Å². The van der Waals surface area contributed by atoms with Crippen LogP contribution in [0.15, 0.2) is 58.2 Å². The van der Waals surface area contributed by atoms with Gasteiger partial charge in [-0.2, -0.15) is 13.9 Å². The number of piperazine rings is 1. The van der Waals surface area contributed by atoms with E-state index in [1.807, 2.05) is 50.2 Å². The van der Waals surface area contributed by atoms with Gasteiger partial charge in [-0.05, 0) is 49.7 Å². The highest BCUT2D eigenvalue weighted by Crippen LogP contribution is 2.26. The molecule has 0 N–H and O–H groups in total. The zero-order valence-electron chi connectivity index (χ0n) is 20.3. The van der Waals surface area contributed by atoms with Crippen LogP contribution < -0.4 is 10.3 Å². The van der Waals surface area contributed by atoms with Crippen molar-refractivity contribution in [3.8, 4) is 16.3 Å². The van der Waals surface area contributed by atoms with Gasteiger partial charge in [0.1, 0.15) is 10.8 Å². The van der Waals surface area contributed by atoms with Crippen LogP contribution in [0.5, 0.6) is 5.75 Å². The van der Waals surface area contributed by atoms with Gasteiger partial charge in [-0.1, -0.05) is 29.0 Å². The molecule has 36 heavy (non-hydrogen) atoms. The molecule has 4 aromatic rings. The zero-order valence-corrected chi connectivity index (χ0v) is 22.0. The van der Waals surface area contributed by atoms with Crippen molar-refractivity contribution in [3.05, 3.63) is 75.7 Å². The highest BCUT2D eigenvalue weighted by molar-refractivity contribution is 7.89. The van der Waals surface area contributed by atoms with E-state index in [1.54, 1.807) is 13.2 Å². The molecule has 0 unspecified atom stereocenters. The second-order valence-electron chi connectivity index (χ2n) is 8.86. The number of rotatable bonds is 6. The molecule has 0 spiro atoms. The first-order valence-corrected chi connectivity index (χ1v) is 13.8. The number of hydrogen-bond donors (Lipinski definition) is 0. The van der Waals surface area contributed by atoms with Gasteiger partial charge in [-0.3, -0.25) is 9.69 Å². The fraction of sp³-hybridized carbons (Fsp3) is 0.320. The molecule has 5 rings (SSSR count). The summed E-state index contributed by atoms with van der Waals surface area (Å²) in [5, 5.41) is 5.14. The summed E-state index contributed by atoms with van der Waals surface area (Å²) >= 11 is 1.35. The van der Waals surface area contributed by atoms with Crippen molar-refractivity contribution >= 4 is 26.3 Å². The Morgan fingerprint density at radius 1 is 1.00 bits per heavy atom. The number of sulfonamides is 1. The second kappa shape index (κ2) is 9.74. The van der Waals surface area contributed by atoms with Crippen LogP contribution in [0.25, 0.3) is 15.5 Å². The van der Waals surface area contributed by atoms with Crippen molar-refractivity contribution < 1.29 is 13.2 Å². The smallest absolute Gasteiger partial charge is 0.275 e. The number of hydrogen-bond acceptors (Lipinski definition) is 8. The predicted octanol–water partition coefficient (Wildman–Crippen LogP) is 2.95. The summed E-state index contributed by atoms with van der Waals surface area (Å²) in [6.07, 6.45) is 0. The van der Waals surface area contributed by atoms with Crippen LogP contribution in [-0.4, -0.2) is 65.5 Å². The van der Waals surface area contributed by atoms with E-state index in [2.05, 4.69) is 15.0 Å². The molecule has 2 aromatic heterocycles. The van der Waals surface area contributed by atoms with Gasteiger partial charge in [0.25, 0.3) is 5.56 Å². The maximum Gasteiger partial charge on any atom is 0.275 e. The number of aromatic nitrogens is 3. The Morgan fingerprint density at radius 2 is 1.72 bits per heavy atom. The fourth-order valence-electron chi connectivity index (χ4n) is 4.37. The largest absolute Gasteiger partial charge is 0.497 e. The molecule has 0 aliphatic carbocycles. The first-order chi connectivity index (χ1) is 17.2. The quantitative estimate of drug-likeness (QED) is 0.382. The third kappa shape index (κ3) is 4.79. The van der Waals surface area contributed by atoms with Crippen molar-refractivity contribution in [1.82, 2.24) is 23.8 Å². The lowest BCUT2D eigenvalue weighted by molar-refractivity contribution is 0.180. The van der Waals surface area contributed by atoms with Crippen LogP contribution in [0.3, 0.4) is 0 Å². The van der Waals surface area contributed by atoms with Gasteiger partial charge >= 0.3 is 0 Å². The lowest BCUT2D eigenvalue weighted by atomic mass is 10.2. The highest BCUT2D eigenvalue weighted by Gasteiger charge is 2.29. The molecule has 0 bridgehead atoms. The first-order valence-electron chi connectivity index (χ1n) is 11.6. The minimum Gasteiger partial charge on any atom is -0.497 e. The van der Waals surface area contributed by atoms with E-state index in [-0.39, 0.29) is 5.56 Å². The summed E-state index contributed by atoms with van der Waals surface area (Å²) < 4.78 is 34.4. The number of fused-ring (bicyclic) bond motifs is 1. The zero-order chi connectivity index (χ0) is 25.4. The van der Waals surface area contributed by atoms with Crippen LogP contribution >= 0.6 is 11.3 Å². The van der Waals surface area contributed by atoms with E-state index in [0.29, 0.717) is 53.3 Å². The molecular weight excluding hydrogens is 498 g/mol. The Kier molecular flexibility index (Phi) is 6.64. The molecule has 9 nitrogen and oxygen atoms in total. The summed E-state index contributed by atoms with van der Waals surface area (Å²) in [7, 11) is -1.93. The molecule has 0 atom stereocenters. The Bertz CT molecular complexity index is 1570. The Hall–Kier alpha value is -3.12. The summed E-state index contributed by atoms with van der Waals surface area (Å²) in [5.74, 6) is 0.749. The van der Waals surface area contributed by atoms with Crippen molar-refractivity contribution in [2.45, 2.75) is 25.3 Å². The van der Waals surface area contributed by atoms with E-state index in [0.717, 1.165) is 22.4 Å². The van der Waals surface area contributed by atoms with E-state index in [4.69, 9.17) is 4.74 Å². The van der Waals surface area contributed by atoms with Gasteiger partial charge in [0.05, 0.1) is 17.7 Å². The molecule has 0 radical (unpaired) electrons. The SMILES string of the molecule is COc1ccc(-c2nn3c(=O)cc(CN4CCN(S(=O)(=O)c5ccc(C)cc5C)CC4)nc3s2)cc1. The molecular formula is C25H27N5O4S2. The van der Waals surface area contributed by atoms with Crippen LogP contribution in [0.1, 0.15) is 16.8 Å². The topological polar surface area (TPSA) is 97.1 Å². The summed E-state index contributed by atoms with van der Waals surface area (Å²) in [6.45, 7) is 6.15. The second-order valence-corrected chi connectivity index (χ2v) is 11.7. The minimum atomic E-state index is -3.55. The van der Waals surface area contributed by atoms with E-state index in [9.17, 15) is 13.2 Å². The van der Waals surface area contributed by atoms with E-state index >= 15 is 0 Å². The molecule has 1 aliphatic heterocycles. The lowest BCUT2D eigenvalue weighted by Gasteiger charge is -2.34. The summed E-state index contributed by atoms with van der Waals surface area (Å²) in [4.78, 5) is 20.4. The molecule has 188 valence electrons. The molecule has 1 saturated heterocycles. The van der Waals surface area contributed by atoms with Crippen molar-refractivity contribution in [2.75, 3.05) is 33.3 Å². The van der Waals surface area contributed by atoms with Gasteiger partial charge < -0.3 is 4.74 Å². The van der Waals surface area contributed by atoms with Crippen LogP contribution in [0, 0.1) is 13.8 Å². The van der Waals surface area contributed by atoms with Crippen LogP contribution in [0.4, 0.5) is 0 Å². The summed E-state index contributed by atoms with van der Waals surface area (Å²) in [5.41, 5.74) is 3.09. The lowest BCUT2D eigenvalue weighted by Crippen LogP contribution is -2.48.